The molecule has 11 nitrogen and oxygen atoms in total. The highest BCUT2D eigenvalue weighted by molar-refractivity contribution is 5.97. The molecule has 11 heteroatoms. The molecule has 0 spiro atoms. The molecule has 1 unspecified atom stereocenters. The second-order valence-corrected chi connectivity index (χ2v) is 6.92. The predicted octanol–water partition coefficient (Wildman–Crippen LogP) is 2.09. The Bertz CT molecular complexity index is 1090. The number of hydrogen-bond donors (Lipinski definition) is 3. The smallest absolute Gasteiger partial charge is 0.243 e. The van der Waals surface area contributed by atoms with Crippen molar-refractivity contribution in [3.05, 3.63) is 30.3 Å². The van der Waals surface area contributed by atoms with Gasteiger partial charge in [0, 0.05) is 18.2 Å². The monoisotopic (exact) mass is 457 g/mol. The van der Waals surface area contributed by atoms with Crippen molar-refractivity contribution in [3.8, 4) is 45.5 Å². The molecule has 33 heavy (non-hydrogen) atoms. The van der Waals surface area contributed by atoms with Crippen molar-refractivity contribution in [2.45, 2.75) is 6.04 Å². The van der Waals surface area contributed by atoms with E-state index in [1.165, 1.54) is 21.3 Å². The van der Waals surface area contributed by atoms with Gasteiger partial charge in [0.25, 0.3) is 0 Å². The van der Waals surface area contributed by atoms with Gasteiger partial charge in [-0.25, -0.2) is 0 Å². The number of amides is 1. The molecule has 1 atom stereocenters. The van der Waals surface area contributed by atoms with E-state index in [-0.39, 0.29) is 6.61 Å². The highest BCUT2D eigenvalue weighted by atomic mass is 16.5. The predicted molar refractivity (Wildman–Crippen MR) is 122 cm³/mol. The summed E-state index contributed by atoms with van der Waals surface area (Å²) in [6.45, 7) is 0.0857. The van der Waals surface area contributed by atoms with Gasteiger partial charge in [-0.1, -0.05) is 5.21 Å². The number of H-pyrrole nitrogens is 1. The molecular weight excluding hydrogens is 430 g/mol. The number of nitrogens with zero attached hydrogens (tertiary/aromatic N) is 2. The molecule has 3 aromatic rings. The number of carbonyl (C=O) groups excluding carboxylic acids is 1. The molecule has 0 aliphatic carbocycles. The van der Waals surface area contributed by atoms with E-state index in [0.29, 0.717) is 51.2 Å². The summed E-state index contributed by atoms with van der Waals surface area (Å²) in [7, 11) is 7.61. The van der Waals surface area contributed by atoms with E-state index < -0.39 is 11.9 Å². The second-order valence-electron chi connectivity index (χ2n) is 6.92. The first-order valence-electron chi connectivity index (χ1n) is 9.92. The average Bonchev–Trinajstić information content (AvgIpc) is 3.33. The molecule has 1 amide bonds. The summed E-state index contributed by atoms with van der Waals surface area (Å²) in [6, 6.07) is 8.01. The SMILES string of the molecule is COCC(N)C(=O)Nc1cc(-c2nn[nH]c2-c2cc(OC)c(OC)c(OC)c2)ccc1OC. The zero-order valence-electron chi connectivity index (χ0n) is 19.1. The molecule has 0 radical (unpaired) electrons. The number of rotatable bonds is 10. The van der Waals surface area contributed by atoms with E-state index in [9.17, 15) is 4.79 Å². The van der Waals surface area contributed by atoms with Crippen LogP contribution in [0.3, 0.4) is 0 Å². The zero-order chi connectivity index (χ0) is 24.0. The van der Waals surface area contributed by atoms with Crippen LogP contribution in [0.15, 0.2) is 30.3 Å². The van der Waals surface area contributed by atoms with Gasteiger partial charge in [-0.2, -0.15) is 0 Å². The van der Waals surface area contributed by atoms with Crippen molar-refractivity contribution < 1.29 is 28.5 Å². The highest BCUT2D eigenvalue weighted by Crippen LogP contribution is 2.42. The van der Waals surface area contributed by atoms with Gasteiger partial charge in [-0.15, -0.1) is 5.10 Å². The van der Waals surface area contributed by atoms with E-state index in [1.54, 1.807) is 38.5 Å². The Morgan fingerprint density at radius 3 is 2.21 bits per heavy atom. The van der Waals surface area contributed by atoms with Gasteiger partial charge in [0.05, 0.1) is 46.4 Å². The maximum Gasteiger partial charge on any atom is 0.243 e. The van der Waals surface area contributed by atoms with Gasteiger partial charge in [-0.3, -0.25) is 9.89 Å². The number of nitrogens with two attached hydrogens (primary N) is 1. The van der Waals surface area contributed by atoms with Crippen LogP contribution in [0.2, 0.25) is 0 Å². The Morgan fingerprint density at radius 1 is 0.970 bits per heavy atom. The van der Waals surface area contributed by atoms with Crippen LogP contribution in [0.5, 0.6) is 23.0 Å². The van der Waals surface area contributed by atoms with Gasteiger partial charge in [0.15, 0.2) is 11.5 Å². The third-order valence-electron chi connectivity index (χ3n) is 4.92. The van der Waals surface area contributed by atoms with Crippen molar-refractivity contribution in [1.29, 1.82) is 0 Å². The summed E-state index contributed by atoms with van der Waals surface area (Å²) in [4.78, 5) is 12.4. The third kappa shape index (κ3) is 4.99. The lowest BCUT2D eigenvalue weighted by Crippen LogP contribution is -2.39. The van der Waals surface area contributed by atoms with Gasteiger partial charge in [0.2, 0.25) is 11.7 Å². The number of nitrogens with one attached hydrogen (secondary N) is 2. The molecule has 0 fully saturated rings. The van der Waals surface area contributed by atoms with Gasteiger partial charge in [0.1, 0.15) is 17.5 Å². The number of aromatic amines is 1. The normalized spacial score (nSPS) is 11.6. The summed E-state index contributed by atoms with van der Waals surface area (Å²) in [6.07, 6.45) is 0. The summed E-state index contributed by atoms with van der Waals surface area (Å²) < 4.78 is 26.6. The Hall–Kier alpha value is -3.83. The highest BCUT2D eigenvalue weighted by Gasteiger charge is 2.21. The number of methoxy groups -OCH3 is 5. The zero-order valence-corrected chi connectivity index (χ0v) is 19.1. The minimum absolute atomic E-state index is 0.0857. The molecule has 0 saturated heterocycles. The van der Waals surface area contributed by atoms with E-state index in [4.69, 9.17) is 29.4 Å². The topological polar surface area (TPSA) is 143 Å². The molecule has 1 heterocycles. The summed E-state index contributed by atoms with van der Waals surface area (Å²) in [5, 5.41) is 13.9. The van der Waals surface area contributed by atoms with Gasteiger partial charge < -0.3 is 34.7 Å². The molecule has 0 bridgehead atoms. The van der Waals surface area contributed by atoms with E-state index >= 15 is 0 Å². The van der Waals surface area contributed by atoms with Crippen LogP contribution in [-0.4, -0.2) is 69.5 Å². The van der Waals surface area contributed by atoms with Gasteiger partial charge >= 0.3 is 0 Å². The fourth-order valence-corrected chi connectivity index (χ4v) is 3.29. The Morgan fingerprint density at radius 2 is 1.64 bits per heavy atom. The van der Waals surface area contributed by atoms with Crippen molar-refractivity contribution in [2.75, 3.05) is 47.5 Å². The Labute approximate surface area is 191 Å². The molecule has 4 N–H and O–H groups in total. The van der Waals surface area contributed by atoms with Crippen LogP contribution < -0.4 is 30.0 Å². The summed E-state index contributed by atoms with van der Waals surface area (Å²) in [5.41, 5.74) is 8.84. The fourth-order valence-electron chi connectivity index (χ4n) is 3.29. The van der Waals surface area contributed by atoms with Crippen LogP contribution >= 0.6 is 0 Å². The number of aromatic nitrogens is 3. The van der Waals surface area contributed by atoms with Gasteiger partial charge in [-0.05, 0) is 30.3 Å². The standard InChI is InChI=1S/C22H27N5O6/c1-29-11-14(23)22(28)24-15-8-12(6-7-16(15)30-2)19-20(26-27-25-19)13-9-17(31-3)21(33-5)18(10-13)32-4/h6-10,14H,11,23H2,1-5H3,(H,24,28)(H,25,26,27). The lowest BCUT2D eigenvalue weighted by molar-refractivity contribution is -0.118. The Kier molecular flexibility index (Phi) is 7.70. The van der Waals surface area contributed by atoms with Crippen molar-refractivity contribution in [2.24, 2.45) is 5.73 Å². The van der Waals surface area contributed by atoms with Crippen LogP contribution in [-0.2, 0) is 9.53 Å². The number of hydrogen-bond acceptors (Lipinski definition) is 9. The van der Waals surface area contributed by atoms with Crippen LogP contribution in [0.4, 0.5) is 5.69 Å². The number of benzene rings is 2. The molecule has 176 valence electrons. The maximum absolute atomic E-state index is 12.4. The van der Waals surface area contributed by atoms with E-state index in [2.05, 4.69) is 20.7 Å². The molecule has 2 aromatic carbocycles. The summed E-state index contributed by atoms with van der Waals surface area (Å²) in [5.74, 6) is 1.51. The molecule has 0 saturated carbocycles. The van der Waals surface area contributed by atoms with Crippen LogP contribution in [0, 0.1) is 0 Å². The van der Waals surface area contributed by atoms with Crippen LogP contribution in [0.25, 0.3) is 22.5 Å². The molecule has 0 aliphatic rings. The molecule has 3 rings (SSSR count). The first kappa shape index (κ1) is 23.8. The molecular formula is C22H27N5O6. The first-order valence-corrected chi connectivity index (χ1v) is 9.92. The number of anilines is 1. The fraction of sp³-hybridized carbons (Fsp3) is 0.318. The average molecular weight is 457 g/mol. The molecule has 1 aromatic heterocycles. The minimum atomic E-state index is -0.829. The van der Waals surface area contributed by atoms with Crippen molar-refractivity contribution in [3.63, 3.8) is 0 Å². The lowest BCUT2D eigenvalue weighted by atomic mass is 10.0. The lowest BCUT2D eigenvalue weighted by Gasteiger charge is -2.15. The number of carbonyl (C=O) groups is 1. The van der Waals surface area contributed by atoms with Crippen LogP contribution in [0.1, 0.15) is 0 Å². The van der Waals surface area contributed by atoms with Crippen molar-refractivity contribution in [1.82, 2.24) is 15.4 Å². The summed E-state index contributed by atoms with van der Waals surface area (Å²) >= 11 is 0. The first-order chi connectivity index (χ1) is 16.0. The Balaban J connectivity index is 2.04. The number of ether oxygens (including phenoxy) is 5. The van der Waals surface area contributed by atoms with Crippen molar-refractivity contribution >= 4 is 11.6 Å². The van der Waals surface area contributed by atoms with E-state index in [0.717, 1.165) is 0 Å². The largest absolute Gasteiger partial charge is 0.495 e. The second kappa shape index (κ2) is 10.7. The third-order valence-corrected chi connectivity index (χ3v) is 4.92. The quantitative estimate of drug-likeness (QED) is 0.417. The van der Waals surface area contributed by atoms with E-state index in [1.807, 2.05) is 6.07 Å². The molecule has 0 aliphatic heterocycles. The minimum Gasteiger partial charge on any atom is -0.495 e. The maximum atomic E-state index is 12.4.